The predicted octanol–water partition coefficient (Wildman–Crippen LogP) is 2.53. The van der Waals surface area contributed by atoms with Crippen LogP contribution in [0.2, 0.25) is 0 Å². The number of hydrogen-bond acceptors (Lipinski definition) is 4. The molecule has 0 aliphatic carbocycles. The standard InChI is InChI=1S/C19H18N2O3/c1-24-19(23)17(13-7-3-2-4-8-13)20-12-15-11-14-9-5-6-10-16(14)21-18(15)22/h2-11,17,20H,12H2,1H3,(H,21,22). The van der Waals surface area contributed by atoms with E-state index in [-0.39, 0.29) is 12.1 Å². The fraction of sp³-hybridized carbons (Fsp3) is 0.158. The van der Waals surface area contributed by atoms with Crippen LogP contribution < -0.4 is 10.9 Å². The van der Waals surface area contributed by atoms with Crippen LogP contribution in [0.5, 0.6) is 0 Å². The number of aromatic amines is 1. The molecule has 3 rings (SSSR count). The van der Waals surface area contributed by atoms with Gasteiger partial charge in [0.25, 0.3) is 5.56 Å². The summed E-state index contributed by atoms with van der Waals surface area (Å²) >= 11 is 0. The summed E-state index contributed by atoms with van der Waals surface area (Å²) in [5, 5.41) is 4.06. The molecule has 0 spiro atoms. The summed E-state index contributed by atoms with van der Waals surface area (Å²) < 4.78 is 4.87. The summed E-state index contributed by atoms with van der Waals surface area (Å²) in [5.74, 6) is -0.390. The smallest absolute Gasteiger partial charge is 0.327 e. The third-order valence-corrected chi connectivity index (χ3v) is 3.90. The van der Waals surface area contributed by atoms with Crippen LogP contribution >= 0.6 is 0 Å². The number of rotatable bonds is 5. The Morgan fingerprint density at radius 3 is 2.58 bits per heavy atom. The average Bonchev–Trinajstić information content (AvgIpc) is 2.62. The topological polar surface area (TPSA) is 71.2 Å². The van der Waals surface area contributed by atoms with Gasteiger partial charge in [-0.3, -0.25) is 10.1 Å². The maximum absolute atomic E-state index is 12.2. The second kappa shape index (κ2) is 7.10. The fourth-order valence-electron chi connectivity index (χ4n) is 2.64. The van der Waals surface area contributed by atoms with Crippen LogP contribution in [0.4, 0.5) is 0 Å². The summed E-state index contributed by atoms with van der Waals surface area (Å²) in [5.41, 5.74) is 1.98. The van der Waals surface area contributed by atoms with E-state index in [0.29, 0.717) is 5.56 Å². The molecule has 24 heavy (non-hydrogen) atoms. The number of benzene rings is 2. The molecule has 5 heteroatoms. The molecule has 122 valence electrons. The highest BCUT2D eigenvalue weighted by molar-refractivity contribution is 5.79. The maximum atomic E-state index is 12.2. The SMILES string of the molecule is COC(=O)C(NCc1cc2ccccc2[nH]c1=O)c1ccccc1. The van der Waals surface area contributed by atoms with E-state index >= 15 is 0 Å². The van der Waals surface area contributed by atoms with E-state index in [9.17, 15) is 9.59 Å². The zero-order valence-electron chi connectivity index (χ0n) is 13.3. The number of methoxy groups -OCH3 is 1. The number of carbonyl (C=O) groups excluding carboxylic acids is 1. The van der Waals surface area contributed by atoms with Gasteiger partial charge in [-0.15, -0.1) is 0 Å². The Morgan fingerprint density at radius 2 is 1.83 bits per heavy atom. The number of para-hydroxylation sites is 1. The van der Waals surface area contributed by atoms with Crippen LogP contribution in [0.1, 0.15) is 17.2 Å². The first kappa shape index (κ1) is 16.0. The molecule has 1 unspecified atom stereocenters. The molecule has 0 saturated carbocycles. The third-order valence-electron chi connectivity index (χ3n) is 3.90. The summed E-state index contributed by atoms with van der Waals surface area (Å²) in [6, 6.07) is 18.1. The van der Waals surface area contributed by atoms with E-state index in [1.165, 1.54) is 7.11 Å². The Hall–Kier alpha value is -2.92. The van der Waals surface area contributed by atoms with Gasteiger partial charge in [0.05, 0.1) is 7.11 Å². The van der Waals surface area contributed by atoms with Gasteiger partial charge in [-0.2, -0.15) is 0 Å². The van der Waals surface area contributed by atoms with Crippen LogP contribution in [0, 0.1) is 0 Å². The van der Waals surface area contributed by atoms with Crippen LogP contribution in [0.15, 0.2) is 65.5 Å². The molecule has 0 bridgehead atoms. The van der Waals surface area contributed by atoms with Gasteiger partial charge in [-0.05, 0) is 23.1 Å². The van der Waals surface area contributed by atoms with Crippen molar-refractivity contribution < 1.29 is 9.53 Å². The molecule has 5 nitrogen and oxygen atoms in total. The zero-order valence-corrected chi connectivity index (χ0v) is 13.3. The van der Waals surface area contributed by atoms with Crippen molar-refractivity contribution in [3.05, 3.63) is 82.1 Å². The van der Waals surface area contributed by atoms with Crippen molar-refractivity contribution in [3.63, 3.8) is 0 Å². The molecule has 0 aliphatic heterocycles. The van der Waals surface area contributed by atoms with E-state index in [2.05, 4.69) is 10.3 Å². The largest absolute Gasteiger partial charge is 0.468 e. The molecular weight excluding hydrogens is 304 g/mol. The second-order valence-corrected chi connectivity index (χ2v) is 5.46. The van der Waals surface area contributed by atoms with Gasteiger partial charge in [0.15, 0.2) is 0 Å². The average molecular weight is 322 g/mol. The highest BCUT2D eigenvalue weighted by atomic mass is 16.5. The number of carbonyl (C=O) groups is 1. The van der Waals surface area contributed by atoms with Crippen LogP contribution in [-0.4, -0.2) is 18.1 Å². The van der Waals surface area contributed by atoms with Crippen LogP contribution in [0.25, 0.3) is 10.9 Å². The van der Waals surface area contributed by atoms with Crippen molar-refractivity contribution in [3.8, 4) is 0 Å². The van der Waals surface area contributed by atoms with Gasteiger partial charge in [-0.1, -0.05) is 48.5 Å². The van der Waals surface area contributed by atoms with Crippen molar-refractivity contribution in [1.82, 2.24) is 10.3 Å². The number of ether oxygens (including phenoxy) is 1. The predicted molar refractivity (Wildman–Crippen MR) is 92.6 cm³/mol. The van der Waals surface area contributed by atoms with Crippen molar-refractivity contribution in [2.24, 2.45) is 0 Å². The van der Waals surface area contributed by atoms with Crippen LogP contribution in [-0.2, 0) is 16.1 Å². The Morgan fingerprint density at radius 1 is 1.12 bits per heavy atom. The lowest BCUT2D eigenvalue weighted by Gasteiger charge is -2.16. The Bertz CT molecular complexity index is 903. The quantitative estimate of drug-likeness (QED) is 0.708. The fourth-order valence-corrected chi connectivity index (χ4v) is 2.64. The van der Waals surface area contributed by atoms with Gasteiger partial charge in [0, 0.05) is 17.6 Å². The van der Waals surface area contributed by atoms with E-state index in [1.54, 1.807) is 0 Å². The van der Waals surface area contributed by atoms with Gasteiger partial charge in [0.2, 0.25) is 0 Å². The maximum Gasteiger partial charge on any atom is 0.327 e. The summed E-state index contributed by atoms with van der Waals surface area (Å²) in [4.78, 5) is 27.1. The molecule has 2 aromatic carbocycles. The summed E-state index contributed by atoms with van der Waals surface area (Å²) in [7, 11) is 1.35. The minimum atomic E-state index is -0.623. The van der Waals surface area contributed by atoms with Gasteiger partial charge >= 0.3 is 5.97 Å². The lowest BCUT2D eigenvalue weighted by Crippen LogP contribution is -2.31. The van der Waals surface area contributed by atoms with E-state index in [1.807, 2.05) is 60.7 Å². The first-order valence-electron chi connectivity index (χ1n) is 7.66. The number of fused-ring (bicyclic) bond motifs is 1. The molecule has 0 amide bonds. The van der Waals surface area contributed by atoms with E-state index in [4.69, 9.17) is 4.74 Å². The summed E-state index contributed by atoms with van der Waals surface area (Å²) in [6.07, 6.45) is 0. The first-order valence-corrected chi connectivity index (χ1v) is 7.66. The molecule has 1 heterocycles. The Balaban J connectivity index is 1.86. The summed E-state index contributed by atoms with van der Waals surface area (Å²) in [6.45, 7) is 0.259. The molecule has 1 aromatic heterocycles. The van der Waals surface area contributed by atoms with Gasteiger partial charge < -0.3 is 9.72 Å². The molecule has 3 aromatic rings. The van der Waals surface area contributed by atoms with E-state index in [0.717, 1.165) is 16.5 Å². The molecule has 0 saturated heterocycles. The molecule has 1 atom stereocenters. The Labute approximate surface area is 139 Å². The molecule has 2 N–H and O–H groups in total. The normalized spacial score (nSPS) is 12.0. The number of pyridine rings is 1. The van der Waals surface area contributed by atoms with Crippen molar-refractivity contribution >= 4 is 16.9 Å². The number of nitrogens with one attached hydrogen (secondary N) is 2. The number of H-pyrrole nitrogens is 1. The number of hydrogen-bond donors (Lipinski definition) is 2. The number of esters is 1. The number of aromatic nitrogens is 1. The van der Waals surface area contributed by atoms with Crippen molar-refractivity contribution in [1.29, 1.82) is 0 Å². The highest BCUT2D eigenvalue weighted by Crippen LogP contribution is 2.15. The lowest BCUT2D eigenvalue weighted by molar-refractivity contribution is -0.143. The lowest BCUT2D eigenvalue weighted by atomic mass is 10.1. The highest BCUT2D eigenvalue weighted by Gasteiger charge is 2.21. The van der Waals surface area contributed by atoms with Crippen molar-refractivity contribution in [2.75, 3.05) is 7.11 Å². The molecule has 0 radical (unpaired) electrons. The minimum absolute atomic E-state index is 0.169. The third kappa shape index (κ3) is 3.36. The first-order chi connectivity index (χ1) is 11.7. The molecule has 0 fully saturated rings. The zero-order chi connectivity index (χ0) is 16.9. The van der Waals surface area contributed by atoms with Gasteiger partial charge in [-0.25, -0.2) is 4.79 Å². The monoisotopic (exact) mass is 322 g/mol. The molecular formula is C19H18N2O3. The van der Waals surface area contributed by atoms with Gasteiger partial charge in [0.1, 0.15) is 6.04 Å². The Kier molecular flexibility index (Phi) is 4.72. The molecule has 0 aliphatic rings. The minimum Gasteiger partial charge on any atom is -0.468 e. The van der Waals surface area contributed by atoms with Crippen LogP contribution in [0.3, 0.4) is 0 Å². The second-order valence-electron chi connectivity index (χ2n) is 5.46. The van der Waals surface area contributed by atoms with Crippen molar-refractivity contribution in [2.45, 2.75) is 12.6 Å². The van der Waals surface area contributed by atoms with E-state index < -0.39 is 12.0 Å².